The van der Waals surface area contributed by atoms with Gasteiger partial charge in [0.05, 0.1) is 5.01 Å². The lowest BCUT2D eigenvalue weighted by Crippen LogP contribution is -2.27. The normalized spacial score (nSPS) is 20.1. The third kappa shape index (κ3) is 3.58. The molecule has 1 aliphatic carbocycles. The smallest absolute Gasteiger partial charge is 0.0927 e. The summed E-state index contributed by atoms with van der Waals surface area (Å²) in [4.78, 5) is 4.34. The predicted octanol–water partition coefficient (Wildman–Crippen LogP) is 2.71. The first-order valence-corrected chi connectivity index (χ1v) is 6.75. The molecule has 1 N–H and O–H groups in total. The molecule has 0 aliphatic heterocycles. The molecule has 1 aromatic heterocycles. The van der Waals surface area contributed by atoms with Gasteiger partial charge in [0.15, 0.2) is 0 Å². The van der Waals surface area contributed by atoms with E-state index >= 15 is 0 Å². The van der Waals surface area contributed by atoms with Crippen LogP contribution in [0.15, 0.2) is 11.6 Å². The zero-order chi connectivity index (χ0) is 10.7. The molecule has 0 saturated heterocycles. The largest absolute Gasteiger partial charge is 0.314 e. The fourth-order valence-electron chi connectivity index (χ4n) is 1.67. The Bertz CT molecular complexity index is 280. The second-order valence-electron chi connectivity index (χ2n) is 4.77. The molecule has 2 atom stereocenters. The summed E-state index contributed by atoms with van der Waals surface area (Å²) in [5.41, 5.74) is 0. The maximum atomic E-state index is 4.34. The topological polar surface area (TPSA) is 24.9 Å². The van der Waals surface area contributed by atoms with E-state index in [-0.39, 0.29) is 0 Å². The Morgan fingerprint density at radius 1 is 1.47 bits per heavy atom. The number of nitrogens with one attached hydrogen (secondary N) is 1. The van der Waals surface area contributed by atoms with Crippen LogP contribution in [0.3, 0.4) is 0 Å². The number of nitrogens with zero attached hydrogens (tertiary/aromatic N) is 1. The quantitative estimate of drug-likeness (QED) is 0.803. The molecule has 2 nitrogen and oxygen atoms in total. The van der Waals surface area contributed by atoms with Crippen LogP contribution < -0.4 is 5.32 Å². The molecule has 2 unspecified atom stereocenters. The van der Waals surface area contributed by atoms with Gasteiger partial charge in [-0.25, -0.2) is 4.98 Å². The van der Waals surface area contributed by atoms with Gasteiger partial charge in [0, 0.05) is 24.0 Å². The van der Waals surface area contributed by atoms with Crippen LogP contribution >= 0.6 is 11.3 Å². The van der Waals surface area contributed by atoms with E-state index in [1.807, 2.05) is 6.20 Å². The number of hydrogen-bond donors (Lipinski definition) is 1. The number of rotatable bonds is 6. The van der Waals surface area contributed by atoms with E-state index < -0.39 is 0 Å². The third-order valence-corrected chi connectivity index (χ3v) is 4.06. The van der Waals surface area contributed by atoms with Gasteiger partial charge < -0.3 is 5.32 Å². The lowest BCUT2D eigenvalue weighted by Gasteiger charge is -2.19. The van der Waals surface area contributed by atoms with Crippen molar-refractivity contribution in [1.29, 1.82) is 0 Å². The van der Waals surface area contributed by atoms with Crippen LogP contribution in [-0.2, 0) is 6.42 Å². The molecule has 84 valence electrons. The van der Waals surface area contributed by atoms with Gasteiger partial charge in [-0.2, -0.15) is 0 Å². The molecule has 1 heterocycles. The van der Waals surface area contributed by atoms with Crippen LogP contribution in [0.1, 0.15) is 31.7 Å². The van der Waals surface area contributed by atoms with E-state index in [4.69, 9.17) is 0 Å². The fourth-order valence-corrected chi connectivity index (χ4v) is 2.43. The van der Waals surface area contributed by atoms with Crippen LogP contribution in [0.4, 0.5) is 0 Å². The molecule has 0 bridgehead atoms. The van der Waals surface area contributed by atoms with Gasteiger partial charge in [-0.1, -0.05) is 13.8 Å². The zero-order valence-corrected chi connectivity index (χ0v) is 10.4. The minimum Gasteiger partial charge on any atom is -0.314 e. The van der Waals surface area contributed by atoms with Gasteiger partial charge in [-0.15, -0.1) is 11.3 Å². The summed E-state index contributed by atoms with van der Waals surface area (Å²) in [7, 11) is 0. The number of thiazole rings is 1. The van der Waals surface area contributed by atoms with Crippen molar-refractivity contribution in [3.63, 3.8) is 0 Å². The molecule has 15 heavy (non-hydrogen) atoms. The van der Waals surface area contributed by atoms with E-state index in [9.17, 15) is 0 Å². The van der Waals surface area contributed by atoms with Crippen molar-refractivity contribution in [2.24, 2.45) is 11.8 Å². The van der Waals surface area contributed by atoms with Crippen LogP contribution in [0.25, 0.3) is 0 Å². The Hall–Kier alpha value is -0.410. The van der Waals surface area contributed by atoms with E-state index in [0.29, 0.717) is 0 Å². The first-order valence-electron chi connectivity index (χ1n) is 5.87. The Morgan fingerprint density at radius 2 is 2.27 bits per heavy atom. The first-order chi connectivity index (χ1) is 7.25. The van der Waals surface area contributed by atoms with Crippen LogP contribution in [0.2, 0.25) is 0 Å². The second kappa shape index (κ2) is 5.08. The van der Waals surface area contributed by atoms with E-state index in [0.717, 1.165) is 30.8 Å². The average Bonchev–Trinajstić information content (AvgIpc) is 2.92. The maximum absolute atomic E-state index is 4.34. The zero-order valence-electron chi connectivity index (χ0n) is 9.57. The van der Waals surface area contributed by atoms with E-state index in [1.54, 1.807) is 11.3 Å². The minimum absolute atomic E-state index is 0.724. The minimum atomic E-state index is 0.724. The van der Waals surface area contributed by atoms with Gasteiger partial charge in [0.25, 0.3) is 0 Å². The van der Waals surface area contributed by atoms with Crippen molar-refractivity contribution in [3.8, 4) is 0 Å². The Kier molecular flexibility index (Phi) is 3.76. The molecule has 0 amide bonds. The Morgan fingerprint density at radius 3 is 2.87 bits per heavy atom. The predicted molar refractivity (Wildman–Crippen MR) is 65.2 cm³/mol. The SMILES string of the molecule is CC(CNC1CC1)C(C)Cc1nccs1. The molecule has 2 rings (SSSR count). The van der Waals surface area contributed by atoms with Crippen LogP contribution in [0, 0.1) is 11.8 Å². The van der Waals surface area contributed by atoms with Crippen molar-refractivity contribution in [3.05, 3.63) is 16.6 Å². The molecule has 0 aromatic carbocycles. The standard InChI is InChI=1S/C12H20N2S/c1-9(7-12-13-5-6-15-12)10(2)8-14-11-3-4-11/h5-6,9-11,14H,3-4,7-8H2,1-2H3. The Balaban J connectivity index is 1.71. The first kappa shape index (κ1) is 11.1. The second-order valence-corrected chi connectivity index (χ2v) is 5.75. The number of hydrogen-bond acceptors (Lipinski definition) is 3. The summed E-state index contributed by atoms with van der Waals surface area (Å²) >= 11 is 1.77. The highest BCUT2D eigenvalue weighted by Gasteiger charge is 2.22. The summed E-state index contributed by atoms with van der Waals surface area (Å²) in [5.74, 6) is 1.47. The molecular weight excluding hydrogens is 204 g/mol. The summed E-state index contributed by atoms with van der Waals surface area (Å²) in [6.07, 6.45) is 5.80. The third-order valence-electron chi connectivity index (χ3n) is 3.26. The molecule has 3 heteroatoms. The van der Waals surface area contributed by atoms with Gasteiger partial charge in [0.1, 0.15) is 0 Å². The highest BCUT2D eigenvalue weighted by molar-refractivity contribution is 7.09. The maximum Gasteiger partial charge on any atom is 0.0927 e. The van der Waals surface area contributed by atoms with Crippen molar-refractivity contribution in [2.45, 2.75) is 39.2 Å². The van der Waals surface area contributed by atoms with E-state index in [2.05, 4.69) is 29.5 Å². The van der Waals surface area contributed by atoms with Crippen molar-refractivity contribution < 1.29 is 0 Å². The lowest BCUT2D eigenvalue weighted by molar-refractivity contribution is 0.364. The van der Waals surface area contributed by atoms with Crippen molar-refractivity contribution in [2.75, 3.05) is 6.54 Å². The van der Waals surface area contributed by atoms with Crippen LogP contribution in [-0.4, -0.2) is 17.6 Å². The van der Waals surface area contributed by atoms with Gasteiger partial charge in [-0.3, -0.25) is 0 Å². The van der Waals surface area contributed by atoms with Gasteiger partial charge >= 0.3 is 0 Å². The number of aromatic nitrogens is 1. The average molecular weight is 224 g/mol. The van der Waals surface area contributed by atoms with Gasteiger partial charge in [0.2, 0.25) is 0 Å². The fraction of sp³-hybridized carbons (Fsp3) is 0.750. The molecule has 1 aromatic rings. The molecule has 0 radical (unpaired) electrons. The van der Waals surface area contributed by atoms with E-state index in [1.165, 1.54) is 17.8 Å². The molecule has 1 fully saturated rings. The Labute approximate surface area is 96.1 Å². The molecular formula is C12H20N2S. The highest BCUT2D eigenvalue weighted by atomic mass is 32.1. The van der Waals surface area contributed by atoms with Crippen molar-refractivity contribution >= 4 is 11.3 Å². The van der Waals surface area contributed by atoms with Crippen LogP contribution in [0.5, 0.6) is 0 Å². The summed E-state index contributed by atoms with van der Waals surface area (Å²) in [6.45, 7) is 5.84. The summed E-state index contributed by atoms with van der Waals surface area (Å²) < 4.78 is 0. The lowest BCUT2D eigenvalue weighted by atomic mass is 9.93. The molecule has 1 aliphatic rings. The molecule has 1 saturated carbocycles. The van der Waals surface area contributed by atoms with Gasteiger partial charge in [-0.05, 0) is 31.2 Å². The summed E-state index contributed by atoms with van der Waals surface area (Å²) in [6, 6.07) is 0.833. The monoisotopic (exact) mass is 224 g/mol. The highest BCUT2D eigenvalue weighted by Crippen LogP contribution is 2.21. The van der Waals surface area contributed by atoms with Crippen molar-refractivity contribution in [1.82, 2.24) is 10.3 Å². The summed E-state index contributed by atoms with van der Waals surface area (Å²) in [5, 5.41) is 6.94. The molecule has 0 spiro atoms.